The zero-order valence-corrected chi connectivity index (χ0v) is 11.4. The van der Waals surface area contributed by atoms with Crippen molar-refractivity contribution in [1.29, 1.82) is 5.26 Å². The first-order valence-corrected chi connectivity index (χ1v) is 7.04. The number of nitrogens with two attached hydrogens (primary N) is 1. The van der Waals surface area contributed by atoms with Crippen LogP contribution in [0.25, 0.3) is 0 Å². The lowest BCUT2D eigenvalue weighted by Crippen LogP contribution is -2.33. The Bertz CT molecular complexity index is 412. The number of nitrogen functional groups attached to an aromatic ring is 1. The van der Waals surface area contributed by atoms with Crippen LogP contribution in [0.5, 0.6) is 0 Å². The van der Waals surface area contributed by atoms with Crippen molar-refractivity contribution >= 4 is 23.1 Å². The van der Waals surface area contributed by atoms with E-state index in [1.165, 1.54) is 0 Å². The fourth-order valence-electron chi connectivity index (χ4n) is 1.77. The lowest BCUT2D eigenvalue weighted by Gasteiger charge is -2.29. The van der Waals surface area contributed by atoms with Gasteiger partial charge >= 0.3 is 0 Å². The predicted octanol–water partition coefficient (Wildman–Crippen LogP) is 2.72. The van der Waals surface area contributed by atoms with E-state index in [1.807, 2.05) is 23.9 Å². The Labute approximate surface area is 108 Å². The minimum atomic E-state index is 0.486. The van der Waals surface area contributed by atoms with Crippen molar-refractivity contribution in [2.45, 2.75) is 19.4 Å². The van der Waals surface area contributed by atoms with E-state index in [-0.39, 0.29) is 0 Å². The van der Waals surface area contributed by atoms with E-state index in [2.05, 4.69) is 31.2 Å². The molecule has 0 saturated carbocycles. The highest BCUT2D eigenvalue weighted by atomic mass is 32.2. The van der Waals surface area contributed by atoms with Gasteiger partial charge < -0.3 is 10.6 Å². The van der Waals surface area contributed by atoms with E-state index in [1.54, 1.807) is 6.07 Å². The summed E-state index contributed by atoms with van der Waals surface area (Å²) in [5.74, 6) is 1.08. The Morgan fingerprint density at radius 3 is 2.76 bits per heavy atom. The van der Waals surface area contributed by atoms with Gasteiger partial charge in [0.05, 0.1) is 5.56 Å². The van der Waals surface area contributed by atoms with Gasteiger partial charge in [-0.2, -0.15) is 17.0 Å². The normalized spacial score (nSPS) is 11.9. The van der Waals surface area contributed by atoms with Gasteiger partial charge in [0, 0.05) is 30.2 Å². The summed E-state index contributed by atoms with van der Waals surface area (Å²) in [5, 5.41) is 8.97. The lowest BCUT2D eigenvalue weighted by atomic mass is 10.1. The largest absolute Gasteiger partial charge is 0.398 e. The second kappa shape index (κ2) is 6.41. The number of benzene rings is 1. The van der Waals surface area contributed by atoms with E-state index in [0.29, 0.717) is 17.3 Å². The highest BCUT2D eigenvalue weighted by Crippen LogP contribution is 2.23. The molecule has 0 fully saturated rings. The molecule has 92 valence electrons. The first kappa shape index (κ1) is 13.7. The average Bonchev–Trinajstić information content (AvgIpc) is 2.35. The summed E-state index contributed by atoms with van der Waals surface area (Å²) in [7, 11) is 2.07. The van der Waals surface area contributed by atoms with Crippen LogP contribution in [0.3, 0.4) is 0 Å². The number of rotatable bonds is 5. The Kier molecular flexibility index (Phi) is 5.17. The van der Waals surface area contributed by atoms with Crippen molar-refractivity contribution in [3.63, 3.8) is 0 Å². The summed E-state index contributed by atoms with van der Waals surface area (Å²) < 4.78 is 0. The molecule has 0 aromatic heterocycles. The van der Waals surface area contributed by atoms with Crippen LogP contribution < -0.4 is 10.6 Å². The molecule has 3 nitrogen and oxygen atoms in total. The van der Waals surface area contributed by atoms with Gasteiger partial charge in [-0.25, -0.2) is 0 Å². The Balaban J connectivity index is 2.95. The smallest absolute Gasteiger partial charge is 0.101 e. The third kappa shape index (κ3) is 3.31. The quantitative estimate of drug-likeness (QED) is 0.815. The van der Waals surface area contributed by atoms with E-state index in [4.69, 9.17) is 11.0 Å². The second-order valence-electron chi connectivity index (χ2n) is 4.01. The molecule has 0 spiro atoms. The first-order valence-electron chi connectivity index (χ1n) is 5.65. The zero-order valence-electron chi connectivity index (χ0n) is 10.6. The number of hydrogen-bond acceptors (Lipinski definition) is 4. The first-order chi connectivity index (χ1) is 8.13. The van der Waals surface area contributed by atoms with Gasteiger partial charge in [-0.05, 0) is 30.9 Å². The summed E-state index contributed by atoms with van der Waals surface area (Å²) >= 11 is 1.84. The van der Waals surface area contributed by atoms with Crippen LogP contribution in [-0.4, -0.2) is 25.1 Å². The number of nitrogens with zero attached hydrogens (tertiary/aromatic N) is 2. The fraction of sp³-hybridized carbons (Fsp3) is 0.462. The molecule has 0 saturated heterocycles. The summed E-state index contributed by atoms with van der Waals surface area (Å²) in [4.78, 5) is 2.22. The van der Waals surface area contributed by atoms with Gasteiger partial charge in [0.25, 0.3) is 0 Å². The van der Waals surface area contributed by atoms with E-state index < -0.39 is 0 Å². The summed E-state index contributed by atoms with van der Waals surface area (Å²) in [6.45, 7) is 2.18. The molecule has 0 aliphatic carbocycles. The van der Waals surface area contributed by atoms with Crippen LogP contribution in [0.1, 0.15) is 18.9 Å². The molecule has 1 unspecified atom stereocenters. The number of hydrogen-bond donors (Lipinski definition) is 1. The molecule has 1 aromatic carbocycles. The predicted molar refractivity (Wildman–Crippen MR) is 76.4 cm³/mol. The summed E-state index contributed by atoms with van der Waals surface area (Å²) in [5.41, 5.74) is 7.87. The van der Waals surface area contributed by atoms with Gasteiger partial charge in [0.1, 0.15) is 6.07 Å². The van der Waals surface area contributed by atoms with Crippen molar-refractivity contribution in [1.82, 2.24) is 0 Å². The molecule has 4 heteroatoms. The van der Waals surface area contributed by atoms with Crippen molar-refractivity contribution < 1.29 is 0 Å². The van der Waals surface area contributed by atoms with Crippen LogP contribution in [0.4, 0.5) is 11.4 Å². The Hall–Kier alpha value is -1.34. The van der Waals surface area contributed by atoms with Crippen molar-refractivity contribution in [3.8, 4) is 6.07 Å². The van der Waals surface area contributed by atoms with Crippen LogP contribution in [0, 0.1) is 11.3 Å². The minimum absolute atomic E-state index is 0.486. The van der Waals surface area contributed by atoms with Crippen LogP contribution in [0.2, 0.25) is 0 Å². The molecule has 0 amide bonds. The van der Waals surface area contributed by atoms with Crippen molar-refractivity contribution in [2.24, 2.45) is 0 Å². The van der Waals surface area contributed by atoms with Crippen molar-refractivity contribution in [3.05, 3.63) is 23.8 Å². The zero-order chi connectivity index (χ0) is 12.8. The molecule has 1 aromatic rings. The highest BCUT2D eigenvalue weighted by Gasteiger charge is 2.13. The second-order valence-corrected chi connectivity index (χ2v) is 4.92. The number of thioether (sulfide) groups is 1. The molecule has 1 atom stereocenters. The van der Waals surface area contributed by atoms with E-state index in [9.17, 15) is 0 Å². The maximum atomic E-state index is 8.97. The minimum Gasteiger partial charge on any atom is -0.398 e. The Morgan fingerprint density at radius 1 is 1.53 bits per heavy atom. The average molecular weight is 249 g/mol. The van der Waals surface area contributed by atoms with Gasteiger partial charge in [0.2, 0.25) is 0 Å². The lowest BCUT2D eigenvalue weighted by molar-refractivity contribution is 0.673. The van der Waals surface area contributed by atoms with E-state index in [0.717, 1.165) is 17.9 Å². The number of anilines is 2. The van der Waals surface area contributed by atoms with Crippen molar-refractivity contribution in [2.75, 3.05) is 29.7 Å². The fourth-order valence-corrected chi connectivity index (χ4v) is 2.61. The summed E-state index contributed by atoms with van der Waals surface area (Å²) in [6.07, 6.45) is 3.20. The molecule has 0 heterocycles. The molecule has 0 aliphatic heterocycles. The molecular weight excluding hydrogens is 230 g/mol. The van der Waals surface area contributed by atoms with Gasteiger partial charge in [-0.3, -0.25) is 0 Å². The SMILES string of the molecule is CCC(CSC)N(C)c1ccc(N)c(C#N)c1. The van der Waals surface area contributed by atoms with Crippen LogP contribution in [-0.2, 0) is 0 Å². The maximum Gasteiger partial charge on any atom is 0.101 e. The molecule has 2 N–H and O–H groups in total. The van der Waals surface area contributed by atoms with Crippen LogP contribution in [0.15, 0.2) is 18.2 Å². The van der Waals surface area contributed by atoms with Gasteiger partial charge in [0.15, 0.2) is 0 Å². The molecule has 0 radical (unpaired) electrons. The standard InChI is InChI=1S/C13H19N3S/c1-4-11(9-17-3)16(2)12-5-6-13(15)10(7-12)8-14/h5-7,11H,4,9,15H2,1-3H3. The molecule has 0 aliphatic rings. The summed E-state index contributed by atoms with van der Waals surface area (Å²) in [6, 6.07) is 8.24. The highest BCUT2D eigenvalue weighted by molar-refractivity contribution is 7.98. The molecule has 17 heavy (non-hydrogen) atoms. The number of nitriles is 1. The van der Waals surface area contributed by atoms with E-state index >= 15 is 0 Å². The molecule has 1 rings (SSSR count). The van der Waals surface area contributed by atoms with Crippen LogP contribution >= 0.6 is 11.8 Å². The third-order valence-electron chi connectivity index (χ3n) is 2.94. The maximum absolute atomic E-state index is 8.97. The molecule has 0 bridgehead atoms. The van der Waals surface area contributed by atoms with Gasteiger partial charge in [-0.1, -0.05) is 6.92 Å². The monoisotopic (exact) mass is 249 g/mol. The topological polar surface area (TPSA) is 53.0 Å². The molecular formula is C13H19N3S. The third-order valence-corrected chi connectivity index (χ3v) is 3.66. The Morgan fingerprint density at radius 2 is 2.24 bits per heavy atom. The van der Waals surface area contributed by atoms with Gasteiger partial charge in [-0.15, -0.1) is 0 Å².